The zero-order valence-electron chi connectivity index (χ0n) is 20.1. The van der Waals surface area contributed by atoms with Crippen molar-refractivity contribution in [3.05, 3.63) is 39.4 Å². The maximum Gasteiger partial charge on any atom is 0.272 e. The van der Waals surface area contributed by atoms with Crippen LogP contribution in [-0.2, 0) is 20.7 Å². The number of Topliss-reactive ketones (excluding diaryl/α,β-unsaturated/α-hetero) is 1. The number of carbonyl (C=O) groups excluding carboxylic acids is 2. The quantitative estimate of drug-likeness (QED) is 0.0901. The lowest BCUT2D eigenvalue weighted by Gasteiger charge is -2.19. The maximum absolute atomic E-state index is 12.6. The molecule has 1 amide bonds. The van der Waals surface area contributed by atoms with Gasteiger partial charge < -0.3 is 10.2 Å². The predicted molar refractivity (Wildman–Crippen MR) is 132 cm³/mol. The minimum absolute atomic E-state index is 0.106. The Morgan fingerprint density at radius 1 is 1.26 bits per heavy atom. The number of hydrogen-bond donors (Lipinski definition) is 4. The van der Waals surface area contributed by atoms with E-state index in [2.05, 4.69) is 27.6 Å². The molecule has 1 rings (SSSR count). The van der Waals surface area contributed by atoms with Gasteiger partial charge in [-0.2, -0.15) is 0 Å². The van der Waals surface area contributed by atoms with Crippen molar-refractivity contribution in [1.29, 1.82) is 0 Å². The molecule has 0 spiro atoms. The highest BCUT2D eigenvalue weighted by molar-refractivity contribution is 7.55. The van der Waals surface area contributed by atoms with Gasteiger partial charge in [0.1, 0.15) is 5.78 Å². The van der Waals surface area contributed by atoms with Crippen LogP contribution in [-0.4, -0.2) is 47.3 Å². The standard InChI is InChI=1S/C23H35N4O6P/c1-4-5-12-24-16-21(29)9-7-6-8-13-26-34(32,33)17-18(2)22-14-20(15-25-19(3)28)10-11-23(22)27(30)31/h10-11,14,18,24H,6-9,12-13,15-17H2,1-3H3,(H,25,28)(H2,26,32,33). The molecule has 1 aromatic rings. The molecule has 0 saturated carbocycles. The SMILES string of the molecule is CC#CCNCC(=O)CCCCCNP(=O)(O)CC(C)c1cc(CNC(C)=O)ccc1[N+](=O)[O-]. The summed E-state index contributed by atoms with van der Waals surface area (Å²) in [5.74, 6) is 4.90. The molecule has 0 aliphatic rings. The summed E-state index contributed by atoms with van der Waals surface area (Å²) in [5, 5.41) is 19.7. The molecule has 0 bridgehead atoms. The van der Waals surface area contributed by atoms with Crippen LogP contribution in [0.5, 0.6) is 0 Å². The van der Waals surface area contributed by atoms with Gasteiger partial charge >= 0.3 is 0 Å². The molecule has 2 unspecified atom stereocenters. The van der Waals surface area contributed by atoms with E-state index in [9.17, 15) is 29.2 Å². The Hall–Kier alpha value is -2.57. The van der Waals surface area contributed by atoms with Gasteiger partial charge in [-0.05, 0) is 37.3 Å². The van der Waals surface area contributed by atoms with Crippen LogP contribution in [0.1, 0.15) is 63.5 Å². The second-order valence-electron chi connectivity index (χ2n) is 8.13. The smallest absolute Gasteiger partial charge is 0.272 e. The Kier molecular flexibility index (Phi) is 13.3. The number of nitro benzene ring substituents is 1. The Labute approximate surface area is 200 Å². The topological polar surface area (TPSA) is 151 Å². The Balaban J connectivity index is 2.52. The lowest BCUT2D eigenvalue weighted by molar-refractivity contribution is -0.385. The minimum atomic E-state index is -3.73. The zero-order valence-corrected chi connectivity index (χ0v) is 21.0. The number of benzene rings is 1. The summed E-state index contributed by atoms with van der Waals surface area (Å²) in [5.41, 5.74) is 0.896. The van der Waals surface area contributed by atoms with Crippen molar-refractivity contribution in [2.24, 2.45) is 0 Å². The van der Waals surface area contributed by atoms with Crippen LogP contribution >= 0.6 is 7.52 Å². The summed E-state index contributed by atoms with van der Waals surface area (Å²) in [6.07, 6.45) is 2.34. The summed E-state index contributed by atoms with van der Waals surface area (Å²) in [4.78, 5) is 44.2. The highest BCUT2D eigenvalue weighted by Gasteiger charge is 2.27. The fourth-order valence-electron chi connectivity index (χ4n) is 3.35. The molecule has 0 saturated heterocycles. The maximum atomic E-state index is 12.6. The first-order valence-electron chi connectivity index (χ1n) is 11.3. The van der Waals surface area contributed by atoms with Crippen LogP contribution in [0.3, 0.4) is 0 Å². The van der Waals surface area contributed by atoms with E-state index < -0.39 is 18.4 Å². The molecule has 4 N–H and O–H groups in total. The van der Waals surface area contributed by atoms with Crippen molar-refractivity contribution in [3.8, 4) is 11.8 Å². The molecule has 0 heterocycles. The van der Waals surface area contributed by atoms with Crippen molar-refractivity contribution in [3.63, 3.8) is 0 Å². The third-order valence-corrected chi connectivity index (χ3v) is 6.85. The van der Waals surface area contributed by atoms with Crippen LogP contribution in [0.25, 0.3) is 0 Å². The van der Waals surface area contributed by atoms with Crippen LogP contribution in [0.15, 0.2) is 18.2 Å². The number of nitrogens with one attached hydrogen (secondary N) is 3. The Morgan fingerprint density at radius 3 is 2.65 bits per heavy atom. The number of carbonyl (C=O) groups is 2. The van der Waals surface area contributed by atoms with Gasteiger partial charge in [-0.3, -0.25) is 29.6 Å². The average molecular weight is 495 g/mol. The molecule has 0 fully saturated rings. The van der Waals surface area contributed by atoms with E-state index in [0.29, 0.717) is 43.5 Å². The Bertz CT molecular complexity index is 957. The normalized spacial score (nSPS) is 13.3. The van der Waals surface area contributed by atoms with E-state index in [-0.39, 0.29) is 36.6 Å². The van der Waals surface area contributed by atoms with E-state index in [1.807, 2.05) is 0 Å². The van der Waals surface area contributed by atoms with E-state index in [0.717, 1.165) is 6.42 Å². The van der Waals surface area contributed by atoms with Gasteiger partial charge in [-0.25, -0.2) is 5.09 Å². The van der Waals surface area contributed by atoms with E-state index >= 15 is 0 Å². The number of rotatable bonds is 16. The fourth-order valence-corrected chi connectivity index (χ4v) is 4.93. The number of ketones is 1. The summed E-state index contributed by atoms with van der Waals surface area (Å²) in [6.45, 7) is 6.08. The second-order valence-corrected chi connectivity index (χ2v) is 10.2. The van der Waals surface area contributed by atoms with Crippen LogP contribution in [0, 0.1) is 22.0 Å². The molecule has 0 aliphatic carbocycles. The van der Waals surface area contributed by atoms with Gasteiger partial charge in [0.05, 0.1) is 18.0 Å². The van der Waals surface area contributed by atoms with Crippen LogP contribution < -0.4 is 15.7 Å². The first kappa shape index (κ1) is 29.5. The second kappa shape index (κ2) is 15.4. The highest BCUT2D eigenvalue weighted by atomic mass is 31.2. The van der Waals surface area contributed by atoms with Crippen molar-refractivity contribution in [2.45, 2.75) is 58.9 Å². The lowest BCUT2D eigenvalue weighted by atomic mass is 9.98. The zero-order chi connectivity index (χ0) is 25.6. The molecule has 10 nitrogen and oxygen atoms in total. The summed E-state index contributed by atoms with van der Waals surface area (Å²) < 4.78 is 12.6. The van der Waals surface area contributed by atoms with Crippen molar-refractivity contribution in [2.75, 3.05) is 25.8 Å². The number of hydrogen-bond acceptors (Lipinski definition) is 6. The highest BCUT2D eigenvalue weighted by Crippen LogP contribution is 2.42. The molecule has 1 aromatic carbocycles. The minimum Gasteiger partial charge on any atom is -0.352 e. The fraction of sp³-hybridized carbons (Fsp3) is 0.565. The van der Waals surface area contributed by atoms with Crippen molar-refractivity contribution >= 4 is 24.9 Å². The lowest BCUT2D eigenvalue weighted by Crippen LogP contribution is -2.23. The molecule has 0 aromatic heterocycles. The summed E-state index contributed by atoms with van der Waals surface area (Å²) in [7, 11) is -3.73. The molecule has 188 valence electrons. The number of unbranched alkanes of at least 4 members (excludes halogenated alkanes) is 2. The molecular weight excluding hydrogens is 459 g/mol. The number of nitro groups is 1. The first-order valence-corrected chi connectivity index (χ1v) is 13.1. The first-order chi connectivity index (χ1) is 16.1. The van der Waals surface area contributed by atoms with E-state index in [1.165, 1.54) is 13.0 Å². The van der Waals surface area contributed by atoms with Gasteiger partial charge in [0.15, 0.2) is 0 Å². The monoisotopic (exact) mass is 494 g/mol. The van der Waals surface area contributed by atoms with Gasteiger partial charge in [0.2, 0.25) is 5.91 Å². The molecule has 2 atom stereocenters. The molecular formula is C23H35N4O6P. The van der Waals surface area contributed by atoms with E-state index in [1.54, 1.807) is 26.0 Å². The van der Waals surface area contributed by atoms with Gasteiger partial charge in [-0.1, -0.05) is 25.3 Å². The average Bonchev–Trinajstić information content (AvgIpc) is 2.77. The third-order valence-electron chi connectivity index (χ3n) is 5.09. The third kappa shape index (κ3) is 12.1. The van der Waals surface area contributed by atoms with Crippen LogP contribution in [0.2, 0.25) is 0 Å². The summed E-state index contributed by atoms with van der Waals surface area (Å²) >= 11 is 0. The predicted octanol–water partition coefficient (Wildman–Crippen LogP) is 2.85. The van der Waals surface area contributed by atoms with Crippen molar-refractivity contribution in [1.82, 2.24) is 15.7 Å². The molecule has 11 heteroatoms. The number of nitrogens with zero attached hydrogens (tertiary/aromatic N) is 1. The van der Waals surface area contributed by atoms with Gasteiger partial charge in [-0.15, -0.1) is 5.92 Å². The largest absolute Gasteiger partial charge is 0.352 e. The number of amides is 1. The van der Waals surface area contributed by atoms with Crippen LogP contribution in [0.4, 0.5) is 5.69 Å². The van der Waals surface area contributed by atoms with E-state index in [4.69, 9.17) is 0 Å². The molecule has 0 aliphatic heterocycles. The van der Waals surface area contributed by atoms with Crippen molar-refractivity contribution < 1.29 is 24.0 Å². The van der Waals surface area contributed by atoms with Gasteiger partial charge in [0, 0.05) is 44.2 Å². The van der Waals surface area contributed by atoms with Gasteiger partial charge in [0.25, 0.3) is 13.2 Å². The summed E-state index contributed by atoms with van der Waals surface area (Å²) in [6, 6.07) is 4.51. The molecule has 34 heavy (non-hydrogen) atoms. The molecule has 0 radical (unpaired) electrons. The Morgan fingerprint density at radius 2 is 2.00 bits per heavy atom.